The van der Waals surface area contributed by atoms with Crippen molar-refractivity contribution in [1.29, 1.82) is 0 Å². The van der Waals surface area contributed by atoms with Gasteiger partial charge in [-0.3, -0.25) is 9.78 Å². The first-order valence-electron chi connectivity index (χ1n) is 7.00. The Balaban J connectivity index is 2.08. The minimum absolute atomic E-state index is 0.0267. The highest BCUT2D eigenvalue weighted by molar-refractivity contribution is 5.99. The van der Waals surface area contributed by atoms with Gasteiger partial charge in [0.1, 0.15) is 11.9 Å². The van der Waals surface area contributed by atoms with Crippen LogP contribution in [0.3, 0.4) is 0 Å². The fourth-order valence-corrected chi connectivity index (χ4v) is 2.02. The van der Waals surface area contributed by atoms with Gasteiger partial charge in [0.15, 0.2) is 5.78 Å². The van der Waals surface area contributed by atoms with E-state index < -0.39 is 0 Å². The molecule has 0 amide bonds. The maximum Gasteiger partial charge on any atom is 0.193 e. The number of pyridine rings is 1. The maximum absolute atomic E-state index is 12.4. The molecule has 1 unspecified atom stereocenters. The van der Waals surface area contributed by atoms with Gasteiger partial charge in [-0.15, -0.1) is 0 Å². The number of aromatic nitrogens is 1. The molecule has 1 saturated carbocycles. The second-order valence-corrected chi connectivity index (χ2v) is 4.84. The quantitative estimate of drug-likeness (QED) is 0.677. The summed E-state index contributed by atoms with van der Waals surface area (Å²) in [6.45, 7) is 5.16. The van der Waals surface area contributed by atoms with Crippen molar-refractivity contribution in [3.8, 4) is 5.75 Å². The molecule has 1 atom stereocenters. The molecule has 4 heteroatoms. The summed E-state index contributed by atoms with van der Waals surface area (Å²) in [5, 5.41) is 0. The van der Waals surface area contributed by atoms with Gasteiger partial charge in [-0.05, 0) is 38.2 Å². The number of ketones is 1. The SMILES string of the molecule is CCCOc1cncc(C(=O)C(OCC)C2CC2)c1. The minimum Gasteiger partial charge on any atom is -0.492 e. The van der Waals surface area contributed by atoms with Crippen molar-refractivity contribution >= 4 is 5.78 Å². The van der Waals surface area contributed by atoms with Crippen molar-refractivity contribution in [2.24, 2.45) is 5.92 Å². The number of Topliss-reactive ketones (excluding diaryl/α,β-unsaturated/α-hetero) is 1. The summed E-state index contributed by atoms with van der Waals surface area (Å²) in [5.74, 6) is 1.06. The van der Waals surface area contributed by atoms with Gasteiger partial charge in [-0.1, -0.05) is 6.92 Å². The van der Waals surface area contributed by atoms with E-state index in [4.69, 9.17) is 9.47 Å². The number of carbonyl (C=O) groups excluding carboxylic acids is 1. The van der Waals surface area contributed by atoms with Crippen LogP contribution in [0.15, 0.2) is 18.5 Å². The van der Waals surface area contributed by atoms with Gasteiger partial charge in [0.05, 0.1) is 12.8 Å². The van der Waals surface area contributed by atoms with Crippen molar-refractivity contribution < 1.29 is 14.3 Å². The van der Waals surface area contributed by atoms with Crippen LogP contribution < -0.4 is 4.74 Å². The van der Waals surface area contributed by atoms with E-state index in [2.05, 4.69) is 4.98 Å². The molecule has 19 heavy (non-hydrogen) atoms. The van der Waals surface area contributed by atoms with Crippen LogP contribution in [0.2, 0.25) is 0 Å². The van der Waals surface area contributed by atoms with E-state index >= 15 is 0 Å². The highest BCUT2D eigenvalue weighted by Crippen LogP contribution is 2.36. The standard InChI is InChI=1S/C15H21NO3/c1-3-7-19-13-8-12(9-16-10-13)14(17)15(18-4-2)11-5-6-11/h8-11,15H,3-7H2,1-2H3. The Kier molecular flexibility index (Phi) is 4.91. The minimum atomic E-state index is -0.312. The van der Waals surface area contributed by atoms with E-state index in [1.54, 1.807) is 18.5 Å². The highest BCUT2D eigenvalue weighted by atomic mass is 16.5. The van der Waals surface area contributed by atoms with Crippen molar-refractivity contribution in [3.05, 3.63) is 24.0 Å². The van der Waals surface area contributed by atoms with E-state index in [1.165, 1.54) is 0 Å². The summed E-state index contributed by atoms with van der Waals surface area (Å²) < 4.78 is 11.1. The first-order valence-corrected chi connectivity index (χ1v) is 7.00. The van der Waals surface area contributed by atoms with Gasteiger partial charge in [-0.25, -0.2) is 0 Å². The van der Waals surface area contributed by atoms with Gasteiger partial charge in [0.2, 0.25) is 0 Å². The molecule has 1 aromatic heterocycles. The Morgan fingerprint density at radius 3 is 2.84 bits per heavy atom. The van der Waals surface area contributed by atoms with Crippen molar-refractivity contribution in [2.45, 2.75) is 39.2 Å². The van der Waals surface area contributed by atoms with Crippen LogP contribution in [0.4, 0.5) is 0 Å². The molecule has 104 valence electrons. The van der Waals surface area contributed by atoms with Crippen LogP contribution in [0, 0.1) is 5.92 Å². The van der Waals surface area contributed by atoms with Gasteiger partial charge < -0.3 is 9.47 Å². The van der Waals surface area contributed by atoms with E-state index in [0.717, 1.165) is 19.3 Å². The zero-order chi connectivity index (χ0) is 13.7. The molecule has 0 radical (unpaired) electrons. The second kappa shape index (κ2) is 6.66. The number of ether oxygens (including phenoxy) is 2. The van der Waals surface area contributed by atoms with Crippen molar-refractivity contribution in [3.63, 3.8) is 0 Å². The molecule has 1 fully saturated rings. The lowest BCUT2D eigenvalue weighted by atomic mass is 10.0. The van der Waals surface area contributed by atoms with Crippen LogP contribution in [-0.2, 0) is 4.74 Å². The third-order valence-electron chi connectivity index (χ3n) is 3.13. The molecule has 0 saturated heterocycles. The average Bonchev–Trinajstić information content (AvgIpc) is 3.26. The van der Waals surface area contributed by atoms with Gasteiger partial charge in [0, 0.05) is 18.4 Å². The Labute approximate surface area is 114 Å². The van der Waals surface area contributed by atoms with Gasteiger partial charge in [0.25, 0.3) is 0 Å². The molecule has 1 aliphatic carbocycles. The molecule has 4 nitrogen and oxygen atoms in total. The van der Waals surface area contributed by atoms with Crippen molar-refractivity contribution in [2.75, 3.05) is 13.2 Å². The number of hydrogen-bond donors (Lipinski definition) is 0. The van der Waals surface area contributed by atoms with Crippen LogP contribution in [0.1, 0.15) is 43.5 Å². The fourth-order valence-electron chi connectivity index (χ4n) is 2.02. The van der Waals surface area contributed by atoms with E-state index in [0.29, 0.717) is 30.4 Å². The number of hydrogen-bond acceptors (Lipinski definition) is 4. The summed E-state index contributed by atoms with van der Waals surface area (Å²) in [5.41, 5.74) is 0.582. The Morgan fingerprint density at radius 1 is 1.42 bits per heavy atom. The fraction of sp³-hybridized carbons (Fsp3) is 0.600. The first-order chi connectivity index (χ1) is 9.26. The molecular weight excluding hydrogens is 242 g/mol. The molecule has 0 N–H and O–H groups in total. The molecule has 1 aliphatic rings. The predicted octanol–water partition coefficient (Wildman–Crippen LogP) is 2.87. The molecular formula is C15H21NO3. The summed E-state index contributed by atoms with van der Waals surface area (Å²) in [6.07, 6.45) is 6.01. The average molecular weight is 263 g/mol. The molecule has 0 bridgehead atoms. The summed E-state index contributed by atoms with van der Waals surface area (Å²) in [6, 6.07) is 1.76. The molecule has 0 aliphatic heterocycles. The summed E-state index contributed by atoms with van der Waals surface area (Å²) in [4.78, 5) is 16.5. The topological polar surface area (TPSA) is 48.4 Å². The van der Waals surface area contributed by atoms with Crippen LogP contribution >= 0.6 is 0 Å². The monoisotopic (exact) mass is 263 g/mol. The summed E-state index contributed by atoms with van der Waals surface area (Å²) >= 11 is 0. The number of carbonyl (C=O) groups is 1. The van der Waals surface area contributed by atoms with Gasteiger partial charge in [-0.2, -0.15) is 0 Å². The zero-order valence-corrected chi connectivity index (χ0v) is 11.6. The third-order valence-corrected chi connectivity index (χ3v) is 3.13. The van der Waals surface area contributed by atoms with Crippen LogP contribution in [0.25, 0.3) is 0 Å². The van der Waals surface area contributed by atoms with Crippen LogP contribution in [-0.4, -0.2) is 30.1 Å². The Hall–Kier alpha value is -1.42. The zero-order valence-electron chi connectivity index (χ0n) is 11.6. The van der Waals surface area contributed by atoms with Crippen LogP contribution in [0.5, 0.6) is 5.75 Å². The summed E-state index contributed by atoms with van der Waals surface area (Å²) in [7, 11) is 0. The van der Waals surface area contributed by atoms with Gasteiger partial charge >= 0.3 is 0 Å². The Morgan fingerprint density at radius 2 is 2.21 bits per heavy atom. The first kappa shape index (κ1) is 14.0. The normalized spacial score (nSPS) is 16.1. The number of rotatable bonds is 8. The van der Waals surface area contributed by atoms with E-state index in [9.17, 15) is 4.79 Å². The van der Waals surface area contributed by atoms with E-state index in [-0.39, 0.29) is 11.9 Å². The lowest BCUT2D eigenvalue weighted by molar-refractivity contribution is 0.0374. The smallest absolute Gasteiger partial charge is 0.193 e. The molecule has 0 spiro atoms. The largest absolute Gasteiger partial charge is 0.492 e. The van der Waals surface area contributed by atoms with E-state index in [1.807, 2.05) is 13.8 Å². The molecule has 0 aromatic carbocycles. The third kappa shape index (κ3) is 3.77. The highest BCUT2D eigenvalue weighted by Gasteiger charge is 2.37. The number of nitrogens with zero attached hydrogens (tertiary/aromatic N) is 1. The molecule has 1 heterocycles. The van der Waals surface area contributed by atoms with Crippen molar-refractivity contribution in [1.82, 2.24) is 4.98 Å². The molecule has 1 aromatic rings. The lowest BCUT2D eigenvalue weighted by Gasteiger charge is -2.15. The second-order valence-electron chi connectivity index (χ2n) is 4.84. The maximum atomic E-state index is 12.4. The lowest BCUT2D eigenvalue weighted by Crippen LogP contribution is -2.26. The predicted molar refractivity (Wildman–Crippen MR) is 72.5 cm³/mol. The molecule has 2 rings (SSSR count). The Bertz CT molecular complexity index is 429.